The molecule has 0 aliphatic heterocycles. The summed E-state index contributed by atoms with van der Waals surface area (Å²) in [7, 11) is 0. The fourth-order valence-electron chi connectivity index (χ4n) is 0.833. The molecule has 0 aliphatic carbocycles. The number of rotatable bonds is 5. The molecule has 1 rings (SSSR count). The zero-order valence-corrected chi connectivity index (χ0v) is 8.38. The summed E-state index contributed by atoms with van der Waals surface area (Å²) in [4.78, 5) is 3.99. The number of ether oxygens (including phenoxy) is 1. The van der Waals surface area contributed by atoms with Gasteiger partial charge in [0.25, 0.3) is 0 Å². The standard InChI is InChI=1S/C9H13NO2S/c1-13-5-4-12-9-3-2-8(7-11)10-6-9/h2-3,6,11H,4-5,7H2,1H3. The summed E-state index contributed by atoms with van der Waals surface area (Å²) in [5.74, 6) is 1.73. The first-order valence-electron chi connectivity index (χ1n) is 4.04. The average molecular weight is 199 g/mol. The highest BCUT2D eigenvalue weighted by atomic mass is 32.2. The van der Waals surface area contributed by atoms with Crippen molar-refractivity contribution >= 4 is 11.8 Å². The summed E-state index contributed by atoms with van der Waals surface area (Å²) in [6.45, 7) is 0.673. The van der Waals surface area contributed by atoms with E-state index in [1.54, 1.807) is 24.0 Å². The van der Waals surface area contributed by atoms with E-state index >= 15 is 0 Å². The van der Waals surface area contributed by atoms with Crippen LogP contribution in [0.5, 0.6) is 5.75 Å². The molecule has 0 spiro atoms. The Morgan fingerprint density at radius 1 is 1.54 bits per heavy atom. The normalized spacial score (nSPS) is 10.0. The van der Waals surface area contributed by atoms with Gasteiger partial charge in [-0.25, -0.2) is 0 Å². The highest BCUT2D eigenvalue weighted by molar-refractivity contribution is 7.98. The van der Waals surface area contributed by atoms with E-state index in [0.29, 0.717) is 12.3 Å². The van der Waals surface area contributed by atoms with E-state index in [1.165, 1.54) is 0 Å². The van der Waals surface area contributed by atoms with Gasteiger partial charge in [0.15, 0.2) is 0 Å². The van der Waals surface area contributed by atoms with Crippen molar-refractivity contribution in [3.05, 3.63) is 24.0 Å². The second-order valence-electron chi connectivity index (χ2n) is 2.48. The molecule has 72 valence electrons. The fourth-order valence-corrected chi connectivity index (χ4v) is 1.08. The number of thioether (sulfide) groups is 1. The maximum atomic E-state index is 8.74. The van der Waals surface area contributed by atoms with Crippen LogP contribution >= 0.6 is 11.8 Å². The Morgan fingerprint density at radius 3 is 2.92 bits per heavy atom. The predicted octanol–water partition coefficient (Wildman–Crippen LogP) is 1.32. The fraction of sp³-hybridized carbons (Fsp3) is 0.444. The van der Waals surface area contributed by atoms with E-state index in [2.05, 4.69) is 4.98 Å². The van der Waals surface area contributed by atoms with Crippen LogP contribution in [0.15, 0.2) is 18.3 Å². The number of aromatic nitrogens is 1. The highest BCUT2D eigenvalue weighted by Gasteiger charge is 1.94. The predicted molar refractivity (Wildman–Crippen MR) is 54.0 cm³/mol. The van der Waals surface area contributed by atoms with Crippen molar-refractivity contribution in [1.29, 1.82) is 0 Å². The highest BCUT2D eigenvalue weighted by Crippen LogP contribution is 2.09. The van der Waals surface area contributed by atoms with E-state index in [4.69, 9.17) is 9.84 Å². The van der Waals surface area contributed by atoms with Crippen molar-refractivity contribution in [2.75, 3.05) is 18.6 Å². The van der Waals surface area contributed by atoms with Gasteiger partial charge in [0, 0.05) is 5.75 Å². The third kappa shape index (κ3) is 3.65. The van der Waals surface area contributed by atoms with Crippen molar-refractivity contribution in [3.8, 4) is 5.75 Å². The molecule has 4 heteroatoms. The Hall–Kier alpha value is -0.740. The molecule has 0 fully saturated rings. The van der Waals surface area contributed by atoms with Crippen molar-refractivity contribution in [1.82, 2.24) is 4.98 Å². The Kier molecular flexibility index (Phi) is 4.64. The molecule has 0 atom stereocenters. The zero-order chi connectivity index (χ0) is 9.52. The summed E-state index contributed by atoms with van der Waals surface area (Å²) in [5.41, 5.74) is 0.664. The molecule has 1 aromatic rings. The molecule has 13 heavy (non-hydrogen) atoms. The van der Waals surface area contributed by atoms with E-state index in [-0.39, 0.29) is 6.61 Å². The van der Waals surface area contributed by atoms with Crippen LogP contribution in [0, 0.1) is 0 Å². The topological polar surface area (TPSA) is 42.4 Å². The third-order valence-electron chi connectivity index (χ3n) is 1.52. The number of hydrogen-bond donors (Lipinski definition) is 1. The number of aliphatic hydroxyl groups is 1. The van der Waals surface area contributed by atoms with Gasteiger partial charge in [0.05, 0.1) is 25.1 Å². The van der Waals surface area contributed by atoms with E-state index in [9.17, 15) is 0 Å². The minimum absolute atomic E-state index is 0.0227. The first-order chi connectivity index (χ1) is 6.36. The zero-order valence-electron chi connectivity index (χ0n) is 7.56. The van der Waals surface area contributed by atoms with Gasteiger partial charge >= 0.3 is 0 Å². The van der Waals surface area contributed by atoms with Crippen LogP contribution in [0.4, 0.5) is 0 Å². The first kappa shape index (κ1) is 10.3. The lowest BCUT2D eigenvalue weighted by Gasteiger charge is -2.04. The summed E-state index contributed by atoms with van der Waals surface area (Å²) in [6.07, 6.45) is 3.67. The van der Waals surface area contributed by atoms with Crippen molar-refractivity contribution in [3.63, 3.8) is 0 Å². The van der Waals surface area contributed by atoms with Gasteiger partial charge in [0.2, 0.25) is 0 Å². The molecule has 3 nitrogen and oxygen atoms in total. The molecule has 1 heterocycles. The molecule has 0 unspecified atom stereocenters. The molecule has 1 N–H and O–H groups in total. The second kappa shape index (κ2) is 5.83. The quantitative estimate of drug-likeness (QED) is 0.726. The molecular weight excluding hydrogens is 186 g/mol. The van der Waals surface area contributed by atoms with Crippen molar-refractivity contribution in [2.45, 2.75) is 6.61 Å². The minimum atomic E-state index is -0.0227. The van der Waals surface area contributed by atoms with Gasteiger partial charge in [0.1, 0.15) is 5.75 Å². The van der Waals surface area contributed by atoms with Crippen LogP contribution in [0.1, 0.15) is 5.69 Å². The smallest absolute Gasteiger partial charge is 0.137 e. The Balaban J connectivity index is 2.40. The molecule has 0 saturated carbocycles. The van der Waals surface area contributed by atoms with Crippen molar-refractivity contribution < 1.29 is 9.84 Å². The lowest BCUT2D eigenvalue weighted by atomic mass is 10.3. The van der Waals surface area contributed by atoms with E-state index in [1.807, 2.05) is 12.3 Å². The van der Waals surface area contributed by atoms with Gasteiger partial charge in [-0.1, -0.05) is 0 Å². The summed E-state index contributed by atoms with van der Waals surface area (Å²) >= 11 is 1.74. The van der Waals surface area contributed by atoms with Gasteiger partial charge in [-0.05, 0) is 18.4 Å². The Labute approximate surface area is 82.1 Å². The Bertz CT molecular complexity index is 238. The summed E-state index contributed by atoms with van der Waals surface area (Å²) in [5, 5.41) is 8.74. The molecule has 0 saturated heterocycles. The molecule has 1 aromatic heterocycles. The molecule has 0 amide bonds. The molecule has 0 bridgehead atoms. The Morgan fingerprint density at radius 2 is 2.38 bits per heavy atom. The SMILES string of the molecule is CSCCOc1ccc(CO)nc1. The number of aliphatic hydroxyl groups excluding tert-OH is 1. The molecular formula is C9H13NO2S. The van der Waals surface area contributed by atoms with Crippen LogP contribution in [0.2, 0.25) is 0 Å². The maximum Gasteiger partial charge on any atom is 0.137 e. The van der Waals surface area contributed by atoms with Crippen LogP contribution in [-0.4, -0.2) is 28.7 Å². The molecule has 0 radical (unpaired) electrons. The van der Waals surface area contributed by atoms with Gasteiger partial charge in [-0.3, -0.25) is 4.98 Å². The molecule has 0 aromatic carbocycles. The largest absolute Gasteiger partial charge is 0.491 e. The summed E-state index contributed by atoms with van der Waals surface area (Å²) in [6, 6.07) is 3.58. The second-order valence-corrected chi connectivity index (χ2v) is 3.47. The third-order valence-corrected chi connectivity index (χ3v) is 2.09. The van der Waals surface area contributed by atoms with Crippen molar-refractivity contribution in [2.24, 2.45) is 0 Å². The van der Waals surface area contributed by atoms with Gasteiger partial charge in [-0.15, -0.1) is 0 Å². The summed E-state index contributed by atoms with van der Waals surface area (Å²) < 4.78 is 5.38. The lowest BCUT2D eigenvalue weighted by Crippen LogP contribution is -2.00. The lowest BCUT2D eigenvalue weighted by molar-refractivity contribution is 0.276. The number of pyridine rings is 1. The first-order valence-corrected chi connectivity index (χ1v) is 5.43. The van der Waals surface area contributed by atoms with Crippen LogP contribution < -0.4 is 4.74 Å². The minimum Gasteiger partial charge on any atom is -0.491 e. The number of hydrogen-bond acceptors (Lipinski definition) is 4. The van der Waals surface area contributed by atoms with Gasteiger partial charge < -0.3 is 9.84 Å². The van der Waals surface area contributed by atoms with Crippen LogP contribution in [0.3, 0.4) is 0 Å². The number of nitrogens with zero attached hydrogens (tertiary/aromatic N) is 1. The molecule has 0 aliphatic rings. The van der Waals surface area contributed by atoms with Crippen LogP contribution in [0.25, 0.3) is 0 Å². The maximum absolute atomic E-state index is 8.74. The average Bonchev–Trinajstić information content (AvgIpc) is 2.19. The monoisotopic (exact) mass is 199 g/mol. The van der Waals surface area contributed by atoms with E-state index in [0.717, 1.165) is 11.5 Å². The van der Waals surface area contributed by atoms with Gasteiger partial charge in [-0.2, -0.15) is 11.8 Å². The van der Waals surface area contributed by atoms with E-state index < -0.39 is 0 Å². The van der Waals surface area contributed by atoms with Crippen LogP contribution in [-0.2, 0) is 6.61 Å².